The number of nitrogens with one attached hydrogen (secondary N) is 1. The summed E-state index contributed by atoms with van der Waals surface area (Å²) in [5.74, 6) is 0.477. The molecule has 1 N–H and O–H groups in total. The van der Waals surface area contributed by atoms with Gasteiger partial charge in [-0.25, -0.2) is 4.98 Å². The first-order valence-electron chi connectivity index (χ1n) is 11.3. The fourth-order valence-electron chi connectivity index (χ4n) is 4.34. The summed E-state index contributed by atoms with van der Waals surface area (Å²) in [5.41, 5.74) is 3.34. The molecule has 9 heteroatoms. The van der Waals surface area contributed by atoms with E-state index in [9.17, 15) is 9.59 Å². The molecule has 0 unspecified atom stereocenters. The molecule has 0 fully saturated rings. The first-order chi connectivity index (χ1) is 16.9. The van der Waals surface area contributed by atoms with Crippen molar-refractivity contribution in [3.05, 3.63) is 73.8 Å². The normalized spacial score (nSPS) is 13.0. The summed E-state index contributed by atoms with van der Waals surface area (Å²) in [5, 5.41) is 4.69. The molecule has 35 heavy (non-hydrogen) atoms. The summed E-state index contributed by atoms with van der Waals surface area (Å²) in [7, 11) is 1.57. The number of thiophene rings is 1. The highest BCUT2D eigenvalue weighted by Gasteiger charge is 2.23. The van der Waals surface area contributed by atoms with Crippen molar-refractivity contribution in [3.8, 4) is 11.4 Å². The van der Waals surface area contributed by atoms with Gasteiger partial charge < -0.3 is 10.1 Å². The maximum Gasteiger partial charge on any atom is 0.267 e. The van der Waals surface area contributed by atoms with E-state index in [-0.39, 0.29) is 17.2 Å². The summed E-state index contributed by atoms with van der Waals surface area (Å²) in [6.45, 7) is 1.95. The fraction of sp³-hybridized carbons (Fsp3) is 0.269. The third kappa shape index (κ3) is 4.83. The molecule has 0 saturated carbocycles. The first kappa shape index (κ1) is 23.9. The number of benzene rings is 2. The number of ether oxygens (including phenoxy) is 1. The van der Waals surface area contributed by atoms with Crippen LogP contribution in [-0.2, 0) is 17.6 Å². The number of carbonyl (C=O) groups is 1. The predicted molar refractivity (Wildman–Crippen MR) is 144 cm³/mol. The van der Waals surface area contributed by atoms with Crippen LogP contribution in [-0.4, -0.2) is 28.3 Å². The fourth-order valence-corrected chi connectivity index (χ4v) is 6.58. The molecule has 1 aliphatic carbocycles. The topological polar surface area (TPSA) is 73.2 Å². The standard InChI is InChI=1S/C26H24ClN3O3S2/c1-15-7-12-20(33-2)19(13-15)28-22(31)14-34-26-29-24-23(18-5-3-4-6-21(18)35-24)25(32)30(26)17-10-8-16(27)9-11-17/h7-13H,3-6,14H2,1-2H3,(H,28,31). The van der Waals surface area contributed by atoms with E-state index in [1.165, 1.54) is 16.6 Å². The molecule has 180 valence electrons. The predicted octanol–water partition coefficient (Wildman–Crippen LogP) is 6.03. The number of fused-ring (bicyclic) bond motifs is 3. The number of amides is 1. The number of hydrogen-bond acceptors (Lipinski definition) is 6. The minimum Gasteiger partial charge on any atom is -0.495 e. The van der Waals surface area contributed by atoms with Crippen LogP contribution >= 0.6 is 34.7 Å². The van der Waals surface area contributed by atoms with Crippen molar-refractivity contribution in [1.29, 1.82) is 0 Å². The molecule has 2 heterocycles. The Morgan fingerprint density at radius 1 is 1.20 bits per heavy atom. The minimum atomic E-state index is -0.207. The Morgan fingerprint density at radius 2 is 1.97 bits per heavy atom. The lowest BCUT2D eigenvalue weighted by molar-refractivity contribution is -0.113. The van der Waals surface area contributed by atoms with E-state index < -0.39 is 0 Å². The van der Waals surface area contributed by atoms with Gasteiger partial charge in [-0.15, -0.1) is 11.3 Å². The summed E-state index contributed by atoms with van der Waals surface area (Å²) in [6, 6.07) is 12.7. The Bertz CT molecular complexity index is 1480. The van der Waals surface area contributed by atoms with E-state index >= 15 is 0 Å². The Balaban J connectivity index is 1.51. The number of thioether (sulfide) groups is 1. The highest BCUT2D eigenvalue weighted by Crippen LogP contribution is 2.35. The van der Waals surface area contributed by atoms with E-state index in [2.05, 4.69) is 5.32 Å². The van der Waals surface area contributed by atoms with E-state index in [4.69, 9.17) is 21.3 Å². The monoisotopic (exact) mass is 525 g/mol. The van der Waals surface area contributed by atoms with Crippen LogP contribution in [0.1, 0.15) is 28.8 Å². The number of rotatable bonds is 6. The van der Waals surface area contributed by atoms with Crippen molar-refractivity contribution < 1.29 is 9.53 Å². The molecule has 0 saturated heterocycles. The second kappa shape index (κ2) is 10.0. The van der Waals surface area contributed by atoms with Gasteiger partial charge in [-0.05, 0) is 80.1 Å². The molecule has 0 radical (unpaired) electrons. The number of aryl methyl sites for hydroxylation is 3. The highest BCUT2D eigenvalue weighted by atomic mass is 35.5. The van der Waals surface area contributed by atoms with Crippen LogP contribution in [0.15, 0.2) is 52.4 Å². The zero-order valence-electron chi connectivity index (χ0n) is 19.4. The van der Waals surface area contributed by atoms with Gasteiger partial charge in [0.2, 0.25) is 5.91 Å². The van der Waals surface area contributed by atoms with Crippen molar-refractivity contribution in [1.82, 2.24) is 9.55 Å². The first-order valence-corrected chi connectivity index (χ1v) is 13.5. The van der Waals surface area contributed by atoms with Crippen molar-refractivity contribution in [2.75, 3.05) is 18.2 Å². The molecule has 1 amide bonds. The highest BCUT2D eigenvalue weighted by molar-refractivity contribution is 7.99. The van der Waals surface area contributed by atoms with Crippen LogP contribution in [0.5, 0.6) is 5.75 Å². The van der Waals surface area contributed by atoms with Gasteiger partial charge in [-0.3, -0.25) is 14.2 Å². The van der Waals surface area contributed by atoms with E-state index in [1.807, 2.05) is 25.1 Å². The molecule has 2 aromatic heterocycles. The Hall–Kier alpha value is -2.81. The lowest BCUT2D eigenvalue weighted by atomic mass is 9.97. The van der Waals surface area contributed by atoms with Gasteiger partial charge in [-0.1, -0.05) is 29.4 Å². The molecular weight excluding hydrogens is 502 g/mol. The largest absolute Gasteiger partial charge is 0.495 e. The van der Waals surface area contributed by atoms with Crippen LogP contribution in [0.25, 0.3) is 15.9 Å². The second-order valence-corrected chi connectivity index (χ2v) is 10.9. The number of hydrogen-bond donors (Lipinski definition) is 1. The van der Waals surface area contributed by atoms with Gasteiger partial charge in [0, 0.05) is 9.90 Å². The van der Waals surface area contributed by atoms with Gasteiger partial charge in [0.05, 0.1) is 29.6 Å². The summed E-state index contributed by atoms with van der Waals surface area (Å²) >= 11 is 8.94. The molecular formula is C26H24ClN3O3S2. The molecule has 6 nitrogen and oxygen atoms in total. The lowest BCUT2D eigenvalue weighted by Crippen LogP contribution is -2.23. The Morgan fingerprint density at radius 3 is 2.74 bits per heavy atom. The zero-order chi connectivity index (χ0) is 24.5. The maximum absolute atomic E-state index is 13.8. The summed E-state index contributed by atoms with van der Waals surface area (Å²) in [6.07, 6.45) is 4.10. The van der Waals surface area contributed by atoms with Crippen LogP contribution in [0.4, 0.5) is 5.69 Å². The van der Waals surface area contributed by atoms with E-state index in [0.29, 0.717) is 32.7 Å². The van der Waals surface area contributed by atoms with Crippen LogP contribution in [0, 0.1) is 6.92 Å². The number of nitrogens with zero attached hydrogens (tertiary/aromatic N) is 2. The number of methoxy groups -OCH3 is 1. The van der Waals surface area contributed by atoms with Gasteiger partial charge in [0.25, 0.3) is 5.56 Å². The molecule has 4 aromatic rings. The van der Waals surface area contributed by atoms with E-state index in [1.54, 1.807) is 47.3 Å². The second-order valence-electron chi connectivity index (χ2n) is 8.44. The minimum absolute atomic E-state index is 0.0910. The van der Waals surface area contributed by atoms with Gasteiger partial charge >= 0.3 is 0 Å². The summed E-state index contributed by atoms with van der Waals surface area (Å²) in [4.78, 5) is 33.5. The lowest BCUT2D eigenvalue weighted by Gasteiger charge is -2.14. The molecule has 5 rings (SSSR count). The van der Waals surface area contributed by atoms with Crippen molar-refractivity contribution in [3.63, 3.8) is 0 Å². The van der Waals surface area contributed by atoms with Crippen molar-refractivity contribution in [2.45, 2.75) is 37.8 Å². The molecule has 0 bridgehead atoms. The average Bonchev–Trinajstić information content (AvgIpc) is 3.22. The third-order valence-electron chi connectivity index (χ3n) is 6.00. The molecule has 0 atom stereocenters. The van der Waals surface area contributed by atoms with Crippen LogP contribution < -0.4 is 15.6 Å². The average molecular weight is 526 g/mol. The SMILES string of the molecule is COc1ccc(C)cc1NC(=O)CSc1nc2sc3c(c2c(=O)n1-c1ccc(Cl)cc1)CCCC3. The maximum atomic E-state index is 13.8. The molecule has 2 aromatic carbocycles. The van der Waals surface area contributed by atoms with Gasteiger partial charge in [0.15, 0.2) is 5.16 Å². The van der Waals surface area contributed by atoms with Crippen LogP contribution in [0.3, 0.4) is 0 Å². The third-order valence-corrected chi connectivity index (χ3v) is 8.38. The molecule has 0 aliphatic heterocycles. The van der Waals surface area contributed by atoms with Gasteiger partial charge in [0.1, 0.15) is 10.6 Å². The smallest absolute Gasteiger partial charge is 0.267 e. The number of halogens is 1. The molecule has 0 spiro atoms. The van der Waals surface area contributed by atoms with Crippen molar-refractivity contribution >= 4 is 56.5 Å². The van der Waals surface area contributed by atoms with Crippen LogP contribution in [0.2, 0.25) is 5.02 Å². The number of anilines is 1. The molecule has 1 aliphatic rings. The van der Waals surface area contributed by atoms with Crippen molar-refractivity contribution in [2.24, 2.45) is 0 Å². The van der Waals surface area contributed by atoms with Gasteiger partial charge in [-0.2, -0.15) is 0 Å². The number of aromatic nitrogens is 2. The Labute approximate surface area is 216 Å². The Kier molecular flexibility index (Phi) is 6.86. The number of carbonyl (C=O) groups excluding carboxylic acids is 1. The zero-order valence-corrected chi connectivity index (χ0v) is 21.8. The quantitative estimate of drug-likeness (QED) is 0.246. The van der Waals surface area contributed by atoms with E-state index in [0.717, 1.165) is 41.6 Å². The summed E-state index contributed by atoms with van der Waals surface area (Å²) < 4.78 is 6.97.